The van der Waals surface area contributed by atoms with Gasteiger partial charge in [0.2, 0.25) is 0 Å². The smallest absolute Gasteiger partial charge is 0.286 e. The standard InChI is InChI=1S/C21H19FN2O2S/c22-18-6-2-1-5-16(18)14-26-17-9-7-15(8-10-17)13-19-20(25)23-21(27-19)24-11-3-4-12-24/h1-2,5-10,13H,3-4,11-12,14H2. The molecule has 2 aromatic carbocycles. The first-order valence-corrected chi connectivity index (χ1v) is 9.74. The van der Waals surface area contributed by atoms with Gasteiger partial charge in [0.1, 0.15) is 18.2 Å². The molecular weight excluding hydrogens is 363 g/mol. The number of amidine groups is 1. The average Bonchev–Trinajstić information content (AvgIpc) is 3.33. The maximum absolute atomic E-state index is 13.6. The monoisotopic (exact) mass is 382 g/mol. The molecule has 4 rings (SSSR count). The molecule has 1 saturated heterocycles. The molecule has 2 heterocycles. The van der Waals surface area contributed by atoms with Gasteiger partial charge in [0.15, 0.2) is 5.17 Å². The van der Waals surface area contributed by atoms with Crippen molar-refractivity contribution in [2.75, 3.05) is 13.1 Å². The van der Waals surface area contributed by atoms with Crippen LogP contribution in [0.2, 0.25) is 0 Å². The molecule has 0 radical (unpaired) electrons. The van der Waals surface area contributed by atoms with E-state index in [0.29, 0.717) is 16.2 Å². The number of nitrogens with zero attached hydrogens (tertiary/aromatic N) is 2. The molecule has 27 heavy (non-hydrogen) atoms. The van der Waals surface area contributed by atoms with Crippen LogP contribution >= 0.6 is 11.8 Å². The number of likely N-dealkylation sites (tertiary alicyclic amines) is 1. The van der Waals surface area contributed by atoms with E-state index < -0.39 is 0 Å². The van der Waals surface area contributed by atoms with Crippen LogP contribution in [-0.2, 0) is 11.4 Å². The Hall–Kier alpha value is -2.60. The Morgan fingerprint density at radius 2 is 1.85 bits per heavy atom. The second-order valence-electron chi connectivity index (χ2n) is 6.45. The maximum Gasteiger partial charge on any atom is 0.286 e. The number of carbonyl (C=O) groups excluding carboxylic acids is 1. The van der Waals surface area contributed by atoms with Crippen LogP contribution < -0.4 is 4.74 Å². The maximum atomic E-state index is 13.6. The molecule has 0 atom stereocenters. The topological polar surface area (TPSA) is 41.9 Å². The lowest BCUT2D eigenvalue weighted by Gasteiger charge is -2.14. The molecule has 2 aliphatic rings. The largest absolute Gasteiger partial charge is 0.489 e. The van der Waals surface area contributed by atoms with Crippen molar-refractivity contribution < 1.29 is 13.9 Å². The van der Waals surface area contributed by atoms with E-state index in [1.165, 1.54) is 17.8 Å². The van der Waals surface area contributed by atoms with Gasteiger partial charge < -0.3 is 9.64 Å². The zero-order chi connectivity index (χ0) is 18.6. The summed E-state index contributed by atoms with van der Waals surface area (Å²) in [5.41, 5.74) is 1.42. The molecule has 0 unspecified atom stereocenters. The predicted octanol–water partition coefficient (Wildman–Crippen LogP) is 4.47. The lowest BCUT2D eigenvalue weighted by Crippen LogP contribution is -2.23. The fourth-order valence-corrected chi connectivity index (χ4v) is 3.99. The van der Waals surface area contributed by atoms with Crippen LogP contribution in [0.1, 0.15) is 24.0 Å². The third-order valence-electron chi connectivity index (χ3n) is 4.52. The Morgan fingerprint density at radius 3 is 2.59 bits per heavy atom. The van der Waals surface area contributed by atoms with E-state index in [2.05, 4.69) is 9.89 Å². The number of rotatable bonds is 4. The normalized spacial score (nSPS) is 18.3. The minimum Gasteiger partial charge on any atom is -0.489 e. The van der Waals surface area contributed by atoms with Gasteiger partial charge in [-0.1, -0.05) is 30.3 Å². The quantitative estimate of drug-likeness (QED) is 0.732. The first-order valence-electron chi connectivity index (χ1n) is 8.93. The highest BCUT2D eigenvalue weighted by Crippen LogP contribution is 2.31. The Morgan fingerprint density at radius 1 is 1.11 bits per heavy atom. The Balaban J connectivity index is 1.38. The van der Waals surface area contributed by atoms with Crippen LogP contribution in [0.4, 0.5) is 4.39 Å². The van der Waals surface area contributed by atoms with E-state index in [1.54, 1.807) is 18.2 Å². The molecular formula is C21H19FN2O2S. The summed E-state index contributed by atoms with van der Waals surface area (Å²) in [6.07, 6.45) is 4.16. The molecule has 1 fully saturated rings. The van der Waals surface area contributed by atoms with Crippen molar-refractivity contribution in [1.29, 1.82) is 0 Å². The molecule has 0 N–H and O–H groups in total. The number of halogens is 1. The highest BCUT2D eigenvalue weighted by Gasteiger charge is 2.27. The van der Waals surface area contributed by atoms with Crippen molar-refractivity contribution in [3.05, 3.63) is 70.4 Å². The van der Waals surface area contributed by atoms with Gasteiger partial charge in [-0.05, 0) is 54.4 Å². The molecule has 0 saturated carbocycles. The summed E-state index contributed by atoms with van der Waals surface area (Å²) in [6.45, 7) is 2.12. The van der Waals surface area contributed by atoms with Crippen molar-refractivity contribution in [1.82, 2.24) is 4.90 Å². The molecule has 4 nitrogen and oxygen atoms in total. The van der Waals surface area contributed by atoms with Crippen LogP contribution in [0.15, 0.2) is 58.4 Å². The summed E-state index contributed by atoms with van der Waals surface area (Å²) in [5, 5.41) is 0.814. The van der Waals surface area contributed by atoms with E-state index in [1.807, 2.05) is 30.3 Å². The van der Waals surface area contributed by atoms with Crippen molar-refractivity contribution in [3.63, 3.8) is 0 Å². The molecule has 2 aliphatic heterocycles. The van der Waals surface area contributed by atoms with Gasteiger partial charge >= 0.3 is 0 Å². The number of benzene rings is 2. The predicted molar refractivity (Wildman–Crippen MR) is 106 cm³/mol. The highest BCUT2D eigenvalue weighted by molar-refractivity contribution is 8.18. The third kappa shape index (κ3) is 4.22. The zero-order valence-corrected chi connectivity index (χ0v) is 15.5. The number of aliphatic imine (C=N–C) groups is 1. The van der Waals surface area contributed by atoms with Crippen molar-refractivity contribution in [2.24, 2.45) is 4.99 Å². The molecule has 6 heteroatoms. The van der Waals surface area contributed by atoms with E-state index >= 15 is 0 Å². The average molecular weight is 382 g/mol. The summed E-state index contributed by atoms with van der Waals surface area (Å²) in [4.78, 5) is 19.1. The summed E-state index contributed by atoms with van der Waals surface area (Å²) >= 11 is 1.44. The molecule has 0 aromatic heterocycles. The first kappa shape index (κ1) is 17.8. The number of hydrogen-bond donors (Lipinski definition) is 0. The van der Waals surface area contributed by atoms with E-state index in [9.17, 15) is 9.18 Å². The Labute approximate surface area is 161 Å². The van der Waals surface area contributed by atoms with Gasteiger partial charge in [0.05, 0.1) is 4.91 Å². The zero-order valence-electron chi connectivity index (χ0n) is 14.7. The van der Waals surface area contributed by atoms with Gasteiger partial charge in [-0.2, -0.15) is 4.99 Å². The minimum absolute atomic E-state index is 0.175. The van der Waals surface area contributed by atoms with Gasteiger partial charge in [-0.15, -0.1) is 0 Å². The van der Waals surface area contributed by atoms with Crippen LogP contribution in [0.3, 0.4) is 0 Å². The molecule has 138 valence electrons. The van der Waals surface area contributed by atoms with E-state index in [0.717, 1.165) is 36.7 Å². The minimum atomic E-state index is -0.274. The number of thioether (sulfide) groups is 1. The van der Waals surface area contributed by atoms with Crippen LogP contribution in [0.25, 0.3) is 6.08 Å². The second kappa shape index (κ2) is 7.96. The number of hydrogen-bond acceptors (Lipinski definition) is 4. The first-order chi connectivity index (χ1) is 13.2. The Bertz CT molecular complexity index is 903. The van der Waals surface area contributed by atoms with Gasteiger partial charge in [-0.25, -0.2) is 4.39 Å². The molecule has 0 aliphatic carbocycles. The molecule has 1 amide bonds. The summed E-state index contributed by atoms with van der Waals surface area (Å²) in [6, 6.07) is 14.0. The molecule has 2 aromatic rings. The van der Waals surface area contributed by atoms with Crippen LogP contribution in [0.5, 0.6) is 5.75 Å². The molecule has 0 spiro atoms. The SMILES string of the molecule is O=C1N=C(N2CCCC2)SC1=Cc1ccc(OCc2ccccc2F)cc1. The highest BCUT2D eigenvalue weighted by atomic mass is 32.2. The fraction of sp³-hybridized carbons (Fsp3) is 0.238. The van der Waals surface area contributed by atoms with Crippen molar-refractivity contribution >= 4 is 28.9 Å². The lowest BCUT2D eigenvalue weighted by molar-refractivity contribution is -0.113. The lowest BCUT2D eigenvalue weighted by atomic mass is 10.2. The Kier molecular flexibility index (Phi) is 5.25. The number of carbonyl (C=O) groups is 1. The van der Waals surface area contributed by atoms with Crippen molar-refractivity contribution in [2.45, 2.75) is 19.4 Å². The number of amides is 1. The number of ether oxygens (including phenoxy) is 1. The van der Waals surface area contributed by atoms with Gasteiger partial charge in [0.25, 0.3) is 5.91 Å². The summed E-state index contributed by atoms with van der Waals surface area (Å²) in [5.74, 6) is 0.200. The second-order valence-corrected chi connectivity index (χ2v) is 7.46. The summed E-state index contributed by atoms with van der Waals surface area (Å²) in [7, 11) is 0. The third-order valence-corrected chi connectivity index (χ3v) is 5.56. The van der Waals surface area contributed by atoms with E-state index in [-0.39, 0.29) is 18.3 Å². The van der Waals surface area contributed by atoms with Crippen molar-refractivity contribution in [3.8, 4) is 5.75 Å². The van der Waals surface area contributed by atoms with Gasteiger partial charge in [-0.3, -0.25) is 4.79 Å². The molecule has 0 bridgehead atoms. The van der Waals surface area contributed by atoms with Crippen LogP contribution in [0, 0.1) is 5.82 Å². The summed E-state index contributed by atoms with van der Waals surface area (Å²) < 4.78 is 19.3. The van der Waals surface area contributed by atoms with Crippen LogP contribution in [-0.4, -0.2) is 29.1 Å². The van der Waals surface area contributed by atoms with E-state index in [4.69, 9.17) is 4.74 Å². The van der Waals surface area contributed by atoms with Gasteiger partial charge in [0, 0.05) is 18.7 Å². The fourth-order valence-electron chi connectivity index (χ4n) is 3.03.